The molecule has 6 heteroatoms. The molecule has 0 amide bonds. The fourth-order valence-corrected chi connectivity index (χ4v) is 1.29. The maximum Gasteiger partial charge on any atom is 0.328 e. The molecule has 0 saturated heterocycles. The van der Waals surface area contributed by atoms with Crippen LogP contribution in [0.2, 0.25) is 0 Å². The van der Waals surface area contributed by atoms with E-state index in [1.807, 2.05) is 0 Å². The standard InChI is InChI=1S/C11H12N4O2/c12-10-3-6-15(14-10)7-11(16)17-8-9-1-4-13-5-2-9/h1-6H,7-8H2,(H2,12,14). The molecule has 6 nitrogen and oxygen atoms in total. The number of hydrogen-bond acceptors (Lipinski definition) is 5. The highest BCUT2D eigenvalue weighted by molar-refractivity contribution is 5.69. The highest BCUT2D eigenvalue weighted by atomic mass is 16.5. The van der Waals surface area contributed by atoms with Crippen LogP contribution < -0.4 is 5.73 Å². The minimum Gasteiger partial charge on any atom is -0.459 e. The fourth-order valence-electron chi connectivity index (χ4n) is 1.29. The number of carbonyl (C=O) groups is 1. The highest BCUT2D eigenvalue weighted by Crippen LogP contribution is 2.01. The van der Waals surface area contributed by atoms with E-state index in [2.05, 4.69) is 10.1 Å². The number of rotatable bonds is 4. The SMILES string of the molecule is Nc1ccn(CC(=O)OCc2ccncc2)n1. The molecule has 0 aromatic carbocycles. The molecule has 88 valence electrons. The van der Waals surface area contributed by atoms with E-state index in [0.29, 0.717) is 5.82 Å². The summed E-state index contributed by atoms with van der Waals surface area (Å²) in [4.78, 5) is 15.3. The van der Waals surface area contributed by atoms with Gasteiger partial charge in [0.05, 0.1) is 0 Å². The van der Waals surface area contributed by atoms with Gasteiger partial charge in [-0.1, -0.05) is 0 Å². The lowest BCUT2D eigenvalue weighted by Gasteiger charge is -2.04. The van der Waals surface area contributed by atoms with Gasteiger partial charge in [-0.3, -0.25) is 14.5 Å². The molecule has 0 aliphatic rings. The second kappa shape index (κ2) is 5.11. The molecule has 0 aliphatic carbocycles. The first kappa shape index (κ1) is 11.1. The molecule has 2 rings (SSSR count). The van der Waals surface area contributed by atoms with Crippen LogP contribution in [0.4, 0.5) is 5.82 Å². The third-order valence-corrected chi connectivity index (χ3v) is 2.10. The summed E-state index contributed by atoms with van der Waals surface area (Å²) < 4.78 is 6.51. The summed E-state index contributed by atoms with van der Waals surface area (Å²) in [6.07, 6.45) is 4.93. The maximum atomic E-state index is 11.5. The molecule has 0 aliphatic heterocycles. The Labute approximate surface area is 98.0 Å². The highest BCUT2D eigenvalue weighted by Gasteiger charge is 2.05. The van der Waals surface area contributed by atoms with E-state index in [-0.39, 0.29) is 19.1 Å². The Balaban J connectivity index is 1.82. The van der Waals surface area contributed by atoms with Gasteiger partial charge in [0.15, 0.2) is 0 Å². The third kappa shape index (κ3) is 3.30. The van der Waals surface area contributed by atoms with Crippen LogP contribution in [0.5, 0.6) is 0 Å². The molecule has 2 N–H and O–H groups in total. The first-order valence-electron chi connectivity index (χ1n) is 5.07. The summed E-state index contributed by atoms with van der Waals surface area (Å²) in [5.74, 6) is 0.0249. The van der Waals surface area contributed by atoms with Crippen molar-refractivity contribution in [1.29, 1.82) is 0 Å². The molecule has 0 radical (unpaired) electrons. The van der Waals surface area contributed by atoms with Gasteiger partial charge in [-0.15, -0.1) is 0 Å². The molecule has 0 atom stereocenters. The van der Waals surface area contributed by atoms with Crippen molar-refractivity contribution in [1.82, 2.24) is 14.8 Å². The Morgan fingerprint density at radius 1 is 1.35 bits per heavy atom. The van der Waals surface area contributed by atoms with Crippen LogP contribution in [-0.2, 0) is 22.7 Å². The first-order chi connectivity index (χ1) is 8.24. The number of pyridine rings is 1. The van der Waals surface area contributed by atoms with Gasteiger partial charge in [0.1, 0.15) is 19.0 Å². The van der Waals surface area contributed by atoms with Crippen molar-refractivity contribution in [3.63, 3.8) is 0 Å². The zero-order valence-electron chi connectivity index (χ0n) is 9.11. The van der Waals surface area contributed by atoms with Gasteiger partial charge in [0.2, 0.25) is 0 Å². The van der Waals surface area contributed by atoms with Gasteiger partial charge in [0, 0.05) is 18.6 Å². The van der Waals surface area contributed by atoms with Crippen molar-refractivity contribution in [3.05, 3.63) is 42.4 Å². The lowest BCUT2D eigenvalue weighted by atomic mass is 10.3. The quantitative estimate of drug-likeness (QED) is 0.780. The van der Waals surface area contributed by atoms with Crippen molar-refractivity contribution < 1.29 is 9.53 Å². The van der Waals surface area contributed by atoms with E-state index in [9.17, 15) is 4.79 Å². The predicted octanol–water partition coefficient (Wildman–Crippen LogP) is 0.604. The lowest BCUT2D eigenvalue weighted by molar-refractivity contribution is -0.145. The Morgan fingerprint density at radius 3 is 2.76 bits per heavy atom. The Bertz CT molecular complexity index is 495. The summed E-state index contributed by atoms with van der Waals surface area (Å²) in [5, 5.41) is 3.89. The lowest BCUT2D eigenvalue weighted by Crippen LogP contribution is -2.14. The molecule has 0 bridgehead atoms. The van der Waals surface area contributed by atoms with Gasteiger partial charge in [0.25, 0.3) is 0 Å². The zero-order chi connectivity index (χ0) is 12.1. The first-order valence-corrected chi connectivity index (χ1v) is 5.07. The van der Waals surface area contributed by atoms with Crippen LogP contribution in [-0.4, -0.2) is 20.7 Å². The molecule has 17 heavy (non-hydrogen) atoms. The predicted molar refractivity (Wildman–Crippen MR) is 60.7 cm³/mol. The van der Waals surface area contributed by atoms with Crippen LogP contribution in [0.15, 0.2) is 36.8 Å². The number of hydrogen-bond donors (Lipinski definition) is 1. The zero-order valence-corrected chi connectivity index (χ0v) is 9.11. The van der Waals surface area contributed by atoms with E-state index < -0.39 is 0 Å². The molecule has 0 spiro atoms. The third-order valence-electron chi connectivity index (χ3n) is 2.10. The minimum absolute atomic E-state index is 0.0578. The smallest absolute Gasteiger partial charge is 0.328 e. The Morgan fingerprint density at radius 2 is 2.12 bits per heavy atom. The molecular weight excluding hydrogens is 220 g/mol. The van der Waals surface area contributed by atoms with Crippen molar-refractivity contribution in [2.24, 2.45) is 0 Å². The largest absolute Gasteiger partial charge is 0.459 e. The van der Waals surface area contributed by atoms with E-state index in [1.54, 1.807) is 36.8 Å². The van der Waals surface area contributed by atoms with Crippen molar-refractivity contribution in [2.45, 2.75) is 13.2 Å². The van der Waals surface area contributed by atoms with E-state index in [0.717, 1.165) is 5.56 Å². The number of anilines is 1. The van der Waals surface area contributed by atoms with E-state index >= 15 is 0 Å². The second-order valence-corrected chi connectivity index (χ2v) is 3.45. The average Bonchev–Trinajstić information content (AvgIpc) is 2.73. The number of ether oxygens (including phenoxy) is 1. The van der Waals surface area contributed by atoms with Crippen molar-refractivity contribution >= 4 is 11.8 Å². The van der Waals surface area contributed by atoms with Crippen LogP contribution in [0.1, 0.15) is 5.56 Å². The molecule has 2 heterocycles. The maximum absolute atomic E-state index is 11.5. The number of aromatic nitrogens is 3. The van der Waals surface area contributed by atoms with Crippen molar-refractivity contribution in [3.8, 4) is 0 Å². The van der Waals surface area contributed by atoms with Gasteiger partial charge in [-0.25, -0.2) is 0 Å². The summed E-state index contributed by atoms with van der Waals surface area (Å²) in [7, 11) is 0. The van der Waals surface area contributed by atoms with E-state index in [1.165, 1.54) is 4.68 Å². The Kier molecular flexibility index (Phi) is 3.34. The number of nitrogen functional groups attached to an aromatic ring is 1. The second-order valence-electron chi connectivity index (χ2n) is 3.45. The summed E-state index contributed by atoms with van der Waals surface area (Å²) in [6.45, 7) is 0.292. The summed E-state index contributed by atoms with van der Waals surface area (Å²) >= 11 is 0. The monoisotopic (exact) mass is 232 g/mol. The van der Waals surface area contributed by atoms with E-state index in [4.69, 9.17) is 10.5 Å². The molecule has 0 unspecified atom stereocenters. The van der Waals surface area contributed by atoms with Gasteiger partial charge >= 0.3 is 5.97 Å². The average molecular weight is 232 g/mol. The fraction of sp³-hybridized carbons (Fsp3) is 0.182. The Hall–Kier alpha value is -2.37. The molecule has 0 saturated carbocycles. The molecule has 2 aromatic heterocycles. The molecule has 0 fully saturated rings. The van der Waals surface area contributed by atoms with Crippen LogP contribution >= 0.6 is 0 Å². The minimum atomic E-state index is -0.357. The van der Waals surface area contributed by atoms with Crippen LogP contribution in [0.25, 0.3) is 0 Å². The number of esters is 1. The summed E-state index contributed by atoms with van der Waals surface area (Å²) in [6, 6.07) is 5.20. The number of carbonyl (C=O) groups excluding carboxylic acids is 1. The van der Waals surface area contributed by atoms with Gasteiger partial charge < -0.3 is 10.5 Å². The number of nitrogens with two attached hydrogens (primary N) is 1. The molecular formula is C11H12N4O2. The normalized spacial score (nSPS) is 10.1. The van der Waals surface area contributed by atoms with Crippen LogP contribution in [0.3, 0.4) is 0 Å². The topological polar surface area (TPSA) is 83.0 Å². The van der Waals surface area contributed by atoms with Crippen LogP contribution in [0, 0.1) is 0 Å². The van der Waals surface area contributed by atoms with Gasteiger partial charge in [-0.05, 0) is 23.8 Å². The van der Waals surface area contributed by atoms with Gasteiger partial charge in [-0.2, -0.15) is 5.10 Å². The molecule has 2 aromatic rings. The number of nitrogens with zero attached hydrogens (tertiary/aromatic N) is 3. The van der Waals surface area contributed by atoms with Crippen molar-refractivity contribution in [2.75, 3.05) is 5.73 Å². The summed E-state index contributed by atoms with van der Waals surface area (Å²) in [5.41, 5.74) is 6.32.